The van der Waals surface area contributed by atoms with Crippen molar-refractivity contribution in [1.82, 2.24) is 9.21 Å². The number of amides is 1. The zero-order valence-corrected chi connectivity index (χ0v) is 17.3. The lowest BCUT2D eigenvalue weighted by Crippen LogP contribution is -2.27. The van der Waals surface area contributed by atoms with Crippen molar-refractivity contribution in [1.29, 1.82) is 0 Å². The first-order valence-electron chi connectivity index (χ1n) is 8.13. The Hall–Kier alpha value is -2.30. The van der Waals surface area contributed by atoms with Crippen LogP contribution in [0.1, 0.15) is 15.9 Å². The van der Waals surface area contributed by atoms with Crippen LogP contribution in [0.4, 0.5) is 13.2 Å². The molecule has 0 aromatic heterocycles. The number of ether oxygens (including phenoxy) is 1. The van der Waals surface area contributed by atoms with Crippen LogP contribution in [-0.4, -0.2) is 51.0 Å². The Kier molecular flexibility index (Phi) is 6.82. The van der Waals surface area contributed by atoms with E-state index in [0.29, 0.717) is 5.56 Å². The van der Waals surface area contributed by atoms with E-state index in [0.717, 1.165) is 16.4 Å². The fourth-order valence-electron chi connectivity index (χ4n) is 2.39. The zero-order valence-electron chi connectivity index (χ0n) is 15.7. The Labute approximate surface area is 171 Å². The molecule has 1 amide bonds. The molecule has 29 heavy (non-hydrogen) atoms. The predicted octanol–water partition coefficient (Wildman–Crippen LogP) is 3.76. The van der Waals surface area contributed by atoms with Gasteiger partial charge in [0.1, 0.15) is 5.75 Å². The van der Waals surface area contributed by atoms with Crippen LogP contribution in [0.15, 0.2) is 47.4 Å². The van der Waals surface area contributed by atoms with Crippen LogP contribution >= 0.6 is 11.6 Å². The van der Waals surface area contributed by atoms with Crippen molar-refractivity contribution < 1.29 is 31.1 Å². The summed E-state index contributed by atoms with van der Waals surface area (Å²) in [6.07, 6.45) is -4.79. The van der Waals surface area contributed by atoms with Crippen molar-refractivity contribution in [2.75, 3.05) is 21.1 Å². The summed E-state index contributed by atoms with van der Waals surface area (Å²) < 4.78 is 66.0. The molecular weight excluding hydrogens is 433 g/mol. The molecule has 0 atom stereocenters. The molecule has 0 saturated heterocycles. The molecule has 0 saturated carbocycles. The number of alkyl halides is 3. The standard InChI is InChI=1S/C18H18ClF3N2O4S/c1-23(2)29(26,27)14-8-9-16(19)15(10-14)17(25)24(3)11-12-4-6-13(7-5-12)28-18(20,21)22/h4-10H,11H2,1-3H3. The predicted molar refractivity (Wildman–Crippen MR) is 101 cm³/mol. The maximum absolute atomic E-state index is 12.7. The number of carbonyl (C=O) groups excluding carboxylic acids is 1. The molecule has 0 aliphatic carbocycles. The number of hydrogen-bond donors (Lipinski definition) is 0. The van der Waals surface area contributed by atoms with Gasteiger partial charge < -0.3 is 9.64 Å². The molecule has 0 bridgehead atoms. The van der Waals surface area contributed by atoms with Crippen molar-refractivity contribution in [3.05, 3.63) is 58.6 Å². The van der Waals surface area contributed by atoms with E-state index >= 15 is 0 Å². The Morgan fingerprint density at radius 2 is 1.66 bits per heavy atom. The third-order valence-electron chi connectivity index (χ3n) is 3.87. The van der Waals surface area contributed by atoms with Gasteiger partial charge in [0.15, 0.2) is 0 Å². The summed E-state index contributed by atoms with van der Waals surface area (Å²) in [5.74, 6) is -0.915. The molecule has 158 valence electrons. The lowest BCUT2D eigenvalue weighted by atomic mass is 10.1. The minimum Gasteiger partial charge on any atom is -0.406 e. The average Bonchev–Trinajstić information content (AvgIpc) is 2.61. The van der Waals surface area contributed by atoms with Gasteiger partial charge in [0.25, 0.3) is 5.91 Å². The van der Waals surface area contributed by atoms with Gasteiger partial charge in [-0.3, -0.25) is 4.79 Å². The van der Waals surface area contributed by atoms with Crippen LogP contribution in [-0.2, 0) is 16.6 Å². The first-order chi connectivity index (χ1) is 13.3. The first-order valence-corrected chi connectivity index (χ1v) is 9.95. The second-order valence-electron chi connectivity index (χ2n) is 6.28. The molecule has 0 spiro atoms. The highest BCUT2D eigenvalue weighted by Crippen LogP contribution is 2.25. The van der Waals surface area contributed by atoms with Gasteiger partial charge >= 0.3 is 6.36 Å². The number of benzene rings is 2. The van der Waals surface area contributed by atoms with Gasteiger partial charge in [-0.25, -0.2) is 12.7 Å². The Morgan fingerprint density at radius 3 is 2.17 bits per heavy atom. The number of carbonyl (C=O) groups is 1. The Bertz CT molecular complexity index is 993. The Balaban J connectivity index is 2.20. The first kappa shape index (κ1) is 23.0. The molecule has 0 fully saturated rings. The van der Waals surface area contributed by atoms with E-state index in [9.17, 15) is 26.4 Å². The molecule has 0 aliphatic heterocycles. The van der Waals surface area contributed by atoms with Crippen LogP contribution in [0.3, 0.4) is 0 Å². The van der Waals surface area contributed by atoms with E-state index in [1.807, 2.05) is 0 Å². The van der Waals surface area contributed by atoms with E-state index in [1.54, 1.807) is 0 Å². The number of halogens is 4. The van der Waals surface area contributed by atoms with Gasteiger partial charge in [-0.2, -0.15) is 0 Å². The van der Waals surface area contributed by atoms with E-state index in [1.165, 1.54) is 56.4 Å². The molecule has 0 unspecified atom stereocenters. The summed E-state index contributed by atoms with van der Waals surface area (Å²) >= 11 is 6.07. The van der Waals surface area contributed by atoms with Crippen LogP contribution in [0, 0.1) is 0 Å². The van der Waals surface area contributed by atoms with Gasteiger partial charge in [-0.05, 0) is 35.9 Å². The van der Waals surface area contributed by atoms with E-state index in [2.05, 4.69) is 4.74 Å². The molecule has 0 radical (unpaired) electrons. The third-order valence-corrected chi connectivity index (χ3v) is 6.01. The average molecular weight is 451 g/mol. The van der Waals surface area contributed by atoms with Crippen molar-refractivity contribution in [2.45, 2.75) is 17.8 Å². The Morgan fingerprint density at radius 1 is 1.07 bits per heavy atom. The summed E-state index contributed by atoms with van der Waals surface area (Å²) in [4.78, 5) is 13.9. The topological polar surface area (TPSA) is 66.9 Å². The van der Waals surface area contributed by atoms with Gasteiger partial charge in [-0.1, -0.05) is 23.7 Å². The van der Waals surface area contributed by atoms with Crippen molar-refractivity contribution >= 4 is 27.5 Å². The number of nitrogens with zero attached hydrogens (tertiary/aromatic N) is 2. The van der Waals surface area contributed by atoms with Crippen LogP contribution < -0.4 is 4.74 Å². The molecule has 6 nitrogen and oxygen atoms in total. The lowest BCUT2D eigenvalue weighted by Gasteiger charge is -2.19. The molecule has 2 aromatic rings. The molecule has 2 aromatic carbocycles. The van der Waals surface area contributed by atoms with E-state index in [4.69, 9.17) is 11.6 Å². The number of rotatable bonds is 6. The van der Waals surface area contributed by atoms with Gasteiger partial charge in [0.05, 0.1) is 15.5 Å². The quantitative estimate of drug-likeness (QED) is 0.672. The van der Waals surface area contributed by atoms with Crippen molar-refractivity contribution in [2.24, 2.45) is 0 Å². The van der Waals surface area contributed by atoms with Crippen LogP contribution in [0.25, 0.3) is 0 Å². The van der Waals surface area contributed by atoms with E-state index < -0.39 is 22.3 Å². The molecule has 0 heterocycles. The summed E-state index contributed by atoms with van der Waals surface area (Å²) in [5.41, 5.74) is 0.540. The number of hydrogen-bond acceptors (Lipinski definition) is 4. The molecule has 2 rings (SSSR count). The second kappa shape index (κ2) is 8.60. The summed E-state index contributed by atoms with van der Waals surface area (Å²) in [5, 5.41) is 0.0773. The third kappa shape index (κ3) is 5.84. The normalized spacial score (nSPS) is 12.1. The highest BCUT2D eigenvalue weighted by atomic mass is 35.5. The molecule has 0 aliphatic rings. The smallest absolute Gasteiger partial charge is 0.406 e. The SMILES string of the molecule is CN(Cc1ccc(OC(F)(F)F)cc1)C(=O)c1cc(S(=O)(=O)N(C)C)ccc1Cl. The highest BCUT2D eigenvalue weighted by molar-refractivity contribution is 7.89. The monoisotopic (exact) mass is 450 g/mol. The fraction of sp³-hybridized carbons (Fsp3) is 0.278. The molecule has 0 N–H and O–H groups in total. The van der Waals surface area contributed by atoms with E-state index in [-0.39, 0.29) is 27.8 Å². The van der Waals surface area contributed by atoms with Crippen molar-refractivity contribution in [3.8, 4) is 5.75 Å². The van der Waals surface area contributed by atoms with Gasteiger partial charge in [-0.15, -0.1) is 13.2 Å². The largest absolute Gasteiger partial charge is 0.573 e. The van der Waals surface area contributed by atoms with Gasteiger partial charge in [0, 0.05) is 27.7 Å². The minimum absolute atomic E-state index is 0.00545. The molecule has 11 heteroatoms. The van der Waals surface area contributed by atoms with Crippen molar-refractivity contribution in [3.63, 3.8) is 0 Å². The fourth-order valence-corrected chi connectivity index (χ4v) is 3.51. The maximum Gasteiger partial charge on any atom is 0.573 e. The van der Waals surface area contributed by atoms with Gasteiger partial charge in [0.2, 0.25) is 10.0 Å². The highest BCUT2D eigenvalue weighted by Gasteiger charge is 2.31. The van der Waals surface area contributed by atoms with Crippen LogP contribution in [0.2, 0.25) is 5.02 Å². The second-order valence-corrected chi connectivity index (χ2v) is 8.84. The summed E-state index contributed by atoms with van der Waals surface area (Å²) in [6.45, 7) is 0.0616. The molecular formula is C18H18ClF3N2O4S. The maximum atomic E-state index is 12.7. The van der Waals surface area contributed by atoms with Crippen LogP contribution in [0.5, 0.6) is 5.75 Å². The lowest BCUT2D eigenvalue weighted by molar-refractivity contribution is -0.274. The summed E-state index contributed by atoms with van der Waals surface area (Å²) in [6, 6.07) is 8.86. The minimum atomic E-state index is -4.79. The zero-order chi connectivity index (χ0) is 22.0. The number of sulfonamides is 1. The summed E-state index contributed by atoms with van der Waals surface area (Å²) in [7, 11) is 0.438.